The highest BCUT2D eigenvalue weighted by Gasteiger charge is 2.17. The van der Waals surface area contributed by atoms with Crippen molar-refractivity contribution in [3.63, 3.8) is 0 Å². The molecule has 4 rings (SSSR count). The number of anilines is 1. The van der Waals surface area contributed by atoms with Crippen molar-refractivity contribution in [3.05, 3.63) is 52.8 Å². The number of benzene rings is 2. The number of fused-ring (bicyclic) bond motifs is 2. The van der Waals surface area contributed by atoms with Crippen molar-refractivity contribution in [3.8, 4) is 5.75 Å². The molecule has 1 aliphatic rings. The quantitative estimate of drug-likeness (QED) is 0.689. The van der Waals surface area contributed by atoms with Gasteiger partial charge in [-0.25, -0.2) is 5.43 Å². The van der Waals surface area contributed by atoms with Crippen molar-refractivity contribution in [2.45, 2.75) is 0 Å². The van der Waals surface area contributed by atoms with Crippen molar-refractivity contribution in [2.75, 3.05) is 11.9 Å². The van der Waals surface area contributed by atoms with E-state index in [-0.39, 0.29) is 18.4 Å². The average molecular weight is 354 g/mol. The van der Waals surface area contributed by atoms with E-state index in [9.17, 15) is 9.59 Å². The van der Waals surface area contributed by atoms with Crippen molar-refractivity contribution in [2.24, 2.45) is 12.1 Å². The molecule has 2 aromatic carbocycles. The summed E-state index contributed by atoms with van der Waals surface area (Å²) >= 11 is 1.49. The third kappa shape index (κ3) is 2.87. The van der Waals surface area contributed by atoms with Crippen LogP contribution in [0.4, 0.5) is 5.69 Å². The lowest BCUT2D eigenvalue weighted by atomic mass is 10.1. The number of hydrogen-bond acceptors (Lipinski definition) is 5. The molecule has 3 aromatic rings. The second kappa shape index (κ2) is 6.06. The maximum absolute atomic E-state index is 12.3. The first-order chi connectivity index (χ1) is 12.1. The van der Waals surface area contributed by atoms with Gasteiger partial charge in [0.05, 0.1) is 15.9 Å². The molecule has 2 heterocycles. The molecule has 0 saturated heterocycles. The van der Waals surface area contributed by atoms with Crippen molar-refractivity contribution >= 4 is 39.1 Å². The van der Waals surface area contributed by atoms with E-state index in [1.165, 1.54) is 11.3 Å². The number of ether oxygens (including phenoxy) is 1. The van der Waals surface area contributed by atoms with Gasteiger partial charge in [0.2, 0.25) is 4.80 Å². The van der Waals surface area contributed by atoms with Crippen LogP contribution >= 0.6 is 11.3 Å². The Morgan fingerprint density at radius 3 is 3.00 bits per heavy atom. The molecule has 126 valence electrons. The number of hydrogen-bond donors (Lipinski definition) is 2. The van der Waals surface area contributed by atoms with Crippen LogP contribution in [0, 0.1) is 0 Å². The lowest BCUT2D eigenvalue weighted by Crippen LogP contribution is -2.26. The summed E-state index contributed by atoms with van der Waals surface area (Å²) in [4.78, 5) is 24.3. The van der Waals surface area contributed by atoms with E-state index in [0.717, 1.165) is 10.2 Å². The maximum Gasteiger partial charge on any atom is 0.271 e. The Morgan fingerprint density at radius 1 is 1.32 bits per heavy atom. The standard InChI is InChI=1S/C17H14N4O3S/c1-21-12-4-2-3-5-14(12)25-17(21)20-19-16(23)10-6-7-11-13(8-10)24-9-15(22)18-11/h2-8H,9H2,1H3,(H,18,22)(H,19,23)/b20-17-. The number of aromatic nitrogens is 1. The molecule has 0 bridgehead atoms. The van der Waals surface area contributed by atoms with Crippen LogP contribution in [0.1, 0.15) is 10.4 Å². The van der Waals surface area contributed by atoms with Gasteiger partial charge in [-0.05, 0) is 30.3 Å². The third-order valence-electron chi connectivity index (χ3n) is 3.84. The van der Waals surface area contributed by atoms with Gasteiger partial charge in [-0.1, -0.05) is 23.5 Å². The largest absolute Gasteiger partial charge is 0.482 e. The van der Waals surface area contributed by atoms with Gasteiger partial charge in [0.25, 0.3) is 11.8 Å². The van der Waals surface area contributed by atoms with Gasteiger partial charge < -0.3 is 14.6 Å². The fourth-order valence-corrected chi connectivity index (χ4v) is 3.55. The predicted octanol–water partition coefficient (Wildman–Crippen LogP) is 1.82. The summed E-state index contributed by atoms with van der Waals surface area (Å²) in [7, 11) is 1.90. The summed E-state index contributed by atoms with van der Waals surface area (Å²) in [5.74, 6) is -0.0858. The summed E-state index contributed by atoms with van der Waals surface area (Å²) in [5, 5.41) is 6.90. The third-order valence-corrected chi connectivity index (χ3v) is 4.96. The van der Waals surface area contributed by atoms with Gasteiger partial charge in [-0.2, -0.15) is 0 Å². The highest BCUT2D eigenvalue weighted by molar-refractivity contribution is 7.16. The smallest absolute Gasteiger partial charge is 0.271 e. The Morgan fingerprint density at radius 2 is 2.16 bits per heavy atom. The summed E-state index contributed by atoms with van der Waals surface area (Å²) in [6.07, 6.45) is 0. The molecule has 0 radical (unpaired) electrons. The number of rotatable bonds is 2. The topological polar surface area (TPSA) is 84.7 Å². The Hall–Kier alpha value is -3.13. The second-order valence-corrected chi connectivity index (χ2v) is 6.52. The van der Waals surface area contributed by atoms with Gasteiger partial charge in [-0.3, -0.25) is 9.59 Å². The van der Waals surface area contributed by atoms with E-state index in [0.29, 0.717) is 21.8 Å². The normalized spacial score (nSPS) is 14.0. The number of nitrogens with one attached hydrogen (secondary N) is 2. The molecule has 2 amide bonds. The first kappa shape index (κ1) is 15.4. The Kier molecular flexibility index (Phi) is 3.73. The van der Waals surface area contributed by atoms with Crippen LogP contribution in [0.2, 0.25) is 0 Å². The van der Waals surface area contributed by atoms with Crippen LogP contribution in [-0.4, -0.2) is 23.0 Å². The number of amides is 2. The highest BCUT2D eigenvalue weighted by Crippen LogP contribution is 2.28. The van der Waals surface area contributed by atoms with Crippen LogP contribution in [0.15, 0.2) is 47.6 Å². The van der Waals surface area contributed by atoms with Gasteiger partial charge in [0, 0.05) is 12.6 Å². The number of para-hydroxylation sites is 1. The molecule has 0 unspecified atom stereocenters. The van der Waals surface area contributed by atoms with Gasteiger partial charge >= 0.3 is 0 Å². The van der Waals surface area contributed by atoms with E-state index in [1.54, 1.807) is 18.2 Å². The minimum Gasteiger partial charge on any atom is -0.482 e. The molecule has 0 fully saturated rings. The lowest BCUT2D eigenvalue weighted by Gasteiger charge is -2.18. The van der Waals surface area contributed by atoms with Gasteiger partial charge in [0.15, 0.2) is 6.61 Å². The van der Waals surface area contributed by atoms with Crippen molar-refractivity contribution in [1.82, 2.24) is 9.99 Å². The Balaban J connectivity index is 1.59. The average Bonchev–Trinajstić information content (AvgIpc) is 2.95. The zero-order valence-corrected chi connectivity index (χ0v) is 14.1. The Labute approximate surface area is 146 Å². The van der Waals surface area contributed by atoms with E-state index in [2.05, 4.69) is 15.8 Å². The number of nitrogens with zero attached hydrogens (tertiary/aromatic N) is 2. The fraction of sp³-hybridized carbons (Fsp3) is 0.118. The van der Waals surface area contributed by atoms with Crippen LogP contribution in [-0.2, 0) is 11.8 Å². The maximum atomic E-state index is 12.3. The van der Waals surface area contributed by atoms with Crippen molar-refractivity contribution < 1.29 is 14.3 Å². The Bertz CT molecular complexity index is 1070. The molecule has 1 aliphatic heterocycles. The van der Waals surface area contributed by atoms with Gasteiger partial charge in [0.1, 0.15) is 5.75 Å². The zero-order chi connectivity index (χ0) is 17.4. The molecule has 25 heavy (non-hydrogen) atoms. The zero-order valence-electron chi connectivity index (χ0n) is 13.3. The minimum atomic E-state index is -0.347. The molecule has 8 heteroatoms. The minimum absolute atomic E-state index is 0.0555. The van der Waals surface area contributed by atoms with Crippen LogP contribution < -0.4 is 20.3 Å². The molecule has 1 aromatic heterocycles. The summed E-state index contributed by atoms with van der Waals surface area (Å²) in [6, 6.07) is 12.8. The summed E-state index contributed by atoms with van der Waals surface area (Å²) in [6.45, 7) is -0.0555. The molecular formula is C17H14N4O3S. The van der Waals surface area contributed by atoms with E-state index >= 15 is 0 Å². The molecule has 0 spiro atoms. The van der Waals surface area contributed by atoms with E-state index in [1.807, 2.05) is 35.9 Å². The van der Waals surface area contributed by atoms with Crippen molar-refractivity contribution in [1.29, 1.82) is 0 Å². The molecule has 0 saturated carbocycles. The number of thiazole rings is 1. The number of carbonyl (C=O) groups excluding carboxylic acids is 2. The van der Waals surface area contributed by atoms with Crippen LogP contribution in [0.25, 0.3) is 10.2 Å². The molecule has 2 N–H and O–H groups in total. The molecule has 7 nitrogen and oxygen atoms in total. The van der Waals surface area contributed by atoms with Gasteiger partial charge in [-0.15, -0.1) is 5.10 Å². The molecule has 0 atom stereocenters. The highest BCUT2D eigenvalue weighted by atomic mass is 32.1. The SMILES string of the molecule is Cn1/c(=N/NC(=O)c2ccc3c(c2)OCC(=O)N3)sc2ccccc21. The summed E-state index contributed by atoms with van der Waals surface area (Å²) in [5.41, 5.74) is 4.58. The first-order valence-electron chi connectivity index (χ1n) is 7.57. The van der Waals surface area contributed by atoms with E-state index < -0.39 is 0 Å². The van der Waals surface area contributed by atoms with Crippen LogP contribution in [0.5, 0.6) is 5.75 Å². The van der Waals surface area contributed by atoms with Crippen LogP contribution in [0.3, 0.4) is 0 Å². The number of aryl methyl sites for hydroxylation is 1. The molecule has 0 aliphatic carbocycles. The fourth-order valence-electron chi connectivity index (χ4n) is 2.57. The molecular weight excluding hydrogens is 340 g/mol. The second-order valence-electron chi connectivity index (χ2n) is 5.51. The summed E-state index contributed by atoms with van der Waals surface area (Å²) < 4.78 is 8.34. The monoisotopic (exact) mass is 354 g/mol. The number of carbonyl (C=O) groups is 2. The van der Waals surface area contributed by atoms with E-state index in [4.69, 9.17) is 4.74 Å². The predicted molar refractivity (Wildman–Crippen MR) is 94.4 cm³/mol. The lowest BCUT2D eigenvalue weighted by molar-refractivity contribution is -0.118. The first-order valence-corrected chi connectivity index (χ1v) is 8.39.